The van der Waals surface area contributed by atoms with Crippen molar-refractivity contribution in [1.29, 1.82) is 0 Å². The predicted octanol–water partition coefficient (Wildman–Crippen LogP) is 2.28. The standard InChI is InChI=1S/C18H17ClFN5O2/c19-14-4-3-12(10-15(14)26)23-6-8-24(9-7-23)16(27)11-25-18-13(17(20)22-25)2-1-5-21-18/h1-5,10,26H,6-9,11H2. The Hall–Kier alpha value is -2.87. The number of amides is 1. The summed E-state index contributed by atoms with van der Waals surface area (Å²) in [5.74, 6) is -0.727. The van der Waals surface area contributed by atoms with Gasteiger partial charge in [0, 0.05) is 44.1 Å². The molecule has 0 spiro atoms. The fourth-order valence-corrected chi connectivity index (χ4v) is 3.34. The summed E-state index contributed by atoms with van der Waals surface area (Å²) in [6, 6.07) is 8.32. The highest BCUT2D eigenvalue weighted by molar-refractivity contribution is 6.32. The zero-order chi connectivity index (χ0) is 19.0. The maximum absolute atomic E-state index is 13.9. The van der Waals surface area contributed by atoms with E-state index in [4.69, 9.17) is 11.6 Å². The first kappa shape index (κ1) is 17.5. The summed E-state index contributed by atoms with van der Waals surface area (Å²) in [5.41, 5.74) is 1.21. The van der Waals surface area contributed by atoms with E-state index in [0.29, 0.717) is 42.2 Å². The van der Waals surface area contributed by atoms with Gasteiger partial charge in [-0.15, -0.1) is 5.10 Å². The summed E-state index contributed by atoms with van der Waals surface area (Å²) >= 11 is 5.84. The molecule has 0 bridgehead atoms. The topological polar surface area (TPSA) is 74.5 Å². The normalized spacial score (nSPS) is 14.7. The van der Waals surface area contributed by atoms with Crippen molar-refractivity contribution in [2.75, 3.05) is 31.1 Å². The lowest BCUT2D eigenvalue weighted by atomic mass is 10.2. The van der Waals surface area contributed by atoms with Crippen LogP contribution in [0.1, 0.15) is 0 Å². The minimum absolute atomic E-state index is 0.0350. The van der Waals surface area contributed by atoms with Crippen LogP contribution in [-0.2, 0) is 11.3 Å². The number of aromatic nitrogens is 3. The average molecular weight is 390 g/mol. The highest BCUT2D eigenvalue weighted by Crippen LogP contribution is 2.28. The average Bonchev–Trinajstić information content (AvgIpc) is 3.00. The number of hydrogen-bond donors (Lipinski definition) is 1. The third kappa shape index (κ3) is 3.40. The fourth-order valence-electron chi connectivity index (χ4n) is 3.22. The van der Waals surface area contributed by atoms with Crippen molar-refractivity contribution >= 4 is 34.2 Å². The number of piperazine rings is 1. The molecule has 7 nitrogen and oxygen atoms in total. The summed E-state index contributed by atoms with van der Waals surface area (Å²) in [6.07, 6.45) is 1.55. The number of carbonyl (C=O) groups is 1. The lowest BCUT2D eigenvalue weighted by molar-refractivity contribution is -0.132. The minimum Gasteiger partial charge on any atom is -0.506 e. The smallest absolute Gasteiger partial charge is 0.244 e. The molecule has 140 valence electrons. The Morgan fingerprint density at radius 2 is 2.00 bits per heavy atom. The second kappa shape index (κ2) is 7.03. The SMILES string of the molecule is O=C(Cn1nc(F)c2cccnc21)N1CCN(c2ccc(Cl)c(O)c2)CC1. The lowest BCUT2D eigenvalue weighted by Crippen LogP contribution is -2.49. The molecule has 0 unspecified atom stereocenters. The molecule has 0 radical (unpaired) electrons. The summed E-state index contributed by atoms with van der Waals surface area (Å²) in [4.78, 5) is 20.5. The van der Waals surface area contributed by atoms with Gasteiger partial charge in [0.25, 0.3) is 0 Å². The monoisotopic (exact) mass is 389 g/mol. The van der Waals surface area contributed by atoms with Gasteiger partial charge in [0.1, 0.15) is 12.3 Å². The molecule has 2 aromatic heterocycles. The highest BCUT2D eigenvalue weighted by Gasteiger charge is 2.23. The van der Waals surface area contributed by atoms with Crippen LogP contribution in [0.4, 0.5) is 10.1 Å². The van der Waals surface area contributed by atoms with E-state index in [1.54, 1.807) is 35.4 Å². The van der Waals surface area contributed by atoms with E-state index in [1.165, 1.54) is 4.68 Å². The molecular weight excluding hydrogens is 373 g/mol. The Balaban J connectivity index is 1.42. The van der Waals surface area contributed by atoms with E-state index < -0.39 is 5.95 Å². The largest absolute Gasteiger partial charge is 0.506 e. The first-order valence-electron chi connectivity index (χ1n) is 8.51. The molecule has 1 aliphatic rings. The Labute approximate surface area is 159 Å². The molecular formula is C18H17ClFN5O2. The number of carbonyl (C=O) groups excluding carboxylic acids is 1. The maximum atomic E-state index is 13.9. The van der Waals surface area contributed by atoms with Crippen LogP contribution in [0.3, 0.4) is 0 Å². The number of aromatic hydroxyl groups is 1. The number of phenols is 1. The van der Waals surface area contributed by atoms with E-state index in [9.17, 15) is 14.3 Å². The van der Waals surface area contributed by atoms with Gasteiger partial charge in [-0.05, 0) is 24.3 Å². The van der Waals surface area contributed by atoms with E-state index in [1.807, 2.05) is 6.07 Å². The van der Waals surface area contributed by atoms with Gasteiger partial charge in [0.2, 0.25) is 11.9 Å². The number of nitrogens with zero attached hydrogens (tertiary/aromatic N) is 5. The van der Waals surface area contributed by atoms with Crippen molar-refractivity contribution in [3.8, 4) is 5.75 Å². The molecule has 0 atom stereocenters. The fraction of sp³-hybridized carbons (Fsp3) is 0.278. The first-order valence-corrected chi connectivity index (χ1v) is 8.89. The zero-order valence-corrected chi connectivity index (χ0v) is 15.1. The van der Waals surface area contributed by atoms with Gasteiger partial charge in [-0.2, -0.15) is 4.39 Å². The van der Waals surface area contributed by atoms with Crippen LogP contribution < -0.4 is 4.90 Å². The van der Waals surface area contributed by atoms with Crippen molar-refractivity contribution in [2.24, 2.45) is 0 Å². The number of hydrogen-bond acceptors (Lipinski definition) is 5. The molecule has 3 heterocycles. The summed E-state index contributed by atoms with van der Waals surface area (Å²) in [5, 5.41) is 14.2. The highest BCUT2D eigenvalue weighted by atomic mass is 35.5. The molecule has 27 heavy (non-hydrogen) atoms. The molecule has 3 aromatic rings. The molecule has 1 saturated heterocycles. The first-order chi connectivity index (χ1) is 13.0. The molecule has 0 saturated carbocycles. The maximum Gasteiger partial charge on any atom is 0.244 e. The van der Waals surface area contributed by atoms with Gasteiger partial charge in [-0.25, -0.2) is 9.67 Å². The number of halogens is 2. The molecule has 4 rings (SSSR count). The Morgan fingerprint density at radius 3 is 2.74 bits per heavy atom. The summed E-state index contributed by atoms with van der Waals surface area (Å²) in [6.45, 7) is 2.24. The molecule has 1 aromatic carbocycles. The van der Waals surface area contributed by atoms with Crippen LogP contribution in [0.25, 0.3) is 11.0 Å². The quantitative estimate of drug-likeness (QED) is 0.744. The van der Waals surface area contributed by atoms with E-state index in [-0.39, 0.29) is 18.2 Å². The van der Waals surface area contributed by atoms with Crippen LogP contribution in [0, 0.1) is 5.95 Å². The van der Waals surface area contributed by atoms with Crippen molar-refractivity contribution in [3.63, 3.8) is 0 Å². The number of benzene rings is 1. The molecule has 1 amide bonds. The van der Waals surface area contributed by atoms with Crippen LogP contribution in [-0.4, -0.2) is 56.9 Å². The number of phenolic OH excluding ortho intramolecular Hbond substituents is 1. The molecule has 0 aliphatic carbocycles. The third-order valence-electron chi connectivity index (χ3n) is 4.67. The van der Waals surface area contributed by atoms with Crippen LogP contribution in [0.5, 0.6) is 5.75 Å². The second-order valence-corrected chi connectivity index (χ2v) is 6.73. The van der Waals surface area contributed by atoms with Gasteiger partial charge in [-0.3, -0.25) is 4.79 Å². The van der Waals surface area contributed by atoms with Crippen molar-refractivity contribution in [2.45, 2.75) is 6.54 Å². The molecule has 1 aliphatic heterocycles. The Bertz CT molecular complexity index is 1000. The molecule has 9 heteroatoms. The van der Waals surface area contributed by atoms with Gasteiger partial charge < -0.3 is 14.9 Å². The second-order valence-electron chi connectivity index (χ2n) is 6.33. The van der Waals surface area contributed by atoms with Crippen molar-refractivity contribution in [3.05, 3.63) is 47.5 Å². The van der Waals surface area contributed by atoms with Gasteiger partial charge in [-0.1, -0.05) is 11.6 Å². The van der Waals surface area contributed by atoms with E-state index >= 15 is 0 Å². The lowest BCUT2D eigenvalue weighted by Gasteiger charge is -2.36. The molecule has 1 fully saturated rings. The van der Waals surface area contributed by atoms with Gasteiger partial charge in [0.15, 0.2) is 5.65 Å². The summed E-state index contributed by atoms with van der Waals surface area (Å²) in [7, 11) is 0. The molecule has 1 N–H and O–H groups in total. The van der Waals surface area contributed by atoms with Gasteiger partial charge in [0.05, 0.1) is 10.4 Å². The summed E-state index contributed by atoms with van der Waals surface area (Å²) < 4.78 is 15.2. The number of rotatable bonds is 3. The Kier molecular flexibility index (Phi) is 4.57. The van der Waals surface area contributed by atoms with Crippen LogP contribution >= 0.6 is 11.6 Å². The van der Waals surface area contributed by atoms with E-state index in [2.05, 4.69) is 15.0 Å². The number of pyridine rings is 1. The third-order valence-corrected chi connectivity index (χ3v) is 4.99. The number of anilines is 1. The predicted molar refractivity (Wildman–Crippen MR) is 99.4 cm³/mol. The van der Waals surface area contributed by atoms with Gasteiger partial charge >= 0.3 is 0 Å². The zero-order valence-electron chi connectivity index (χ0n) is 14.3. The van der Waals surface area contributed by atoms with Crippen LogP contribution in [0.2, 0.25) is 5.02 Å². The van der Waals surface area contributed by atoms with Crippen molar-refractivity contribution < 1.29 is 14.3 Å². The number of fused-ring (bicyclic) bond motifs is 1. The van der Waals surface area contributed by atoms with E-state index in [0.717, 1.165) is 5.69 Å². The van der Waals surface area contributed by atoms with Crippen molar-refractivity contribution in [1.82, 2.24) is 19.7 Å². The minimum atomic E-state index is -0.627. The van der Waals surface area contributed by atoms with Crippen LogP contribution in [0.15, 0.2) is 36.5 Å². The Morgan fingerprint density at radius 1 is 1.22 bits per heavy atom.